The van der Waals surface area contributed by atoms with E-state index in [1.807, 2.05) is 0 Å². The van der Waals surface area contributed by atoms with Crippen molar-refractivity contribution in [1.29, 1.82) is 0 Å². The van der Waals surface area contributed by atoms with Crippen LogP contribution < -0.4 is 21.1 Å². The Bertz CT molecular complexity index is 1120. The summed E-state index contributed by atoms with van der Waals surface area (Å²) in [4.78, 5) is 18.7. The SMILES string of the molecule is CC(C)(C#Cc1cncc(OC(CN)c2c(Cl)ccc(F)c2Cl)c1)NC(=O)NCCN1CCOCC1. The highest BCUT2D eigenvalue weighted by Crippen LogP contribution is 2.34. The number of hydrogen-bond acceptors (Lipinski definition) is 6. The van der Waals surface area contributed by atoms with E-state index < -0.39 is 17.5 Å². The third kappa shape index (κ3) is 8.22. The lowest BCUT2D eigenvalue weighted by Gasteiger charge is -2.27. The van der Waals surface area contributed by atoms with Gasteiger partial charge in [-0.3, -0.25) is 9.88 Å². The highest BCUT2D eigenvalue weighted by Gasteiger charge is 2.22. The third-order valence-corrected chi connectivity index (χ3v) is 6.08. The summed E-state index contributed by atoms with van der Waals surface area (Å²) in [5, 5.41) is 5.82. The van der Waals surface area contributed by atoms with Gasteiger partial charge in [0.15, 0.2) is 0 Å². The van der Waals surface area contributed by atoms with Gasteiger partial charge < -0.3 is 25.8 Å². The molecule has 2 aromatic rings. The fourth-order valence-electron chi connectivity index (χ4n) is 3.52. The van der Waals surface area contributed by atoms with E-state index in [0.29, 0.717) is 17.9 Å². The Morgan fingerprint density at radius 3 is 2.81 bits per heavy atom. The van der Waals surface area contributed by atoms with Crippen LogP contribution in [0.4, 0.5) is 9.18 Å². The van der Waals surface area contributed by atoms with E-state index in [-0.39, 0.29) is 28.2 Å². The highest BCUT2D eigenvalue weighted by atomic mass is 35.5. The molecule has 0 saturated carbocycles. The molecular weight excluding hydrogens is 508 g/mol. The minimum Gasteiger partial charge on any atom is -0.483 e. The molecule has 4 N–H and O–H groups in total. The van der Waals surface area contributed by atoms with Gasteiger partial charge >= 0.3 is 6.03 Å². The van der Waals surface area contributed by atoms with Crippen molar-refractivity contribution in [3.63, 3.8) is 0 Å². The average molecular weight is 538 g/mol. The molecule has 8 nitrogen and oxygen atoms in total. The topological polar surface area (TPSA) is 102 Å². The molecular formula is C25H30Cl2FN5O3. The van der Waals surface area contributed by atoms with Crippen LogP contribution in [0.5, 0.6) is 5.75 Å². The zero-order valence-corrected chi connectivity index (χ0v) is 21.8. The number of nitrogens with two attached hydrogens (primary N) is 1. The molecule has 1 fully saturated rings. The van der Waals surface area contributed by atoms with E-state index in [0.717, 1.165) is 32.8 Å². The maximum Gasteiger partial charge on any atom is 0.316 e. The normalized spacial score (nSPS) is 14.9. The average Bonchev–Trinajstić information content (AvgIpc) is 2.85. The van der Waals surface area contributed by atoms with E-state index in [9.17, 15) is 9.18 Å². The van der Waals surface area contributed by atoms with Crippen LogP contribution in [0.1, 0.15) is 31.1 Å². The number of pyridine rings is 1. The molecule has 0 spiro atoms. The molecule has 0 bridgehead atoms. The van der Waals surface area contributed by atoms with Gasteiger partial charge in [-0.2, -0.15) is 0 Å². The Labute approximate surface area is 220 Å². The molecule has 36 heavy (non-hydrogen) atoms. The van der Waals surface area contributed by atoms with Gasteiger partial charge in [0.2, 0.25) is 0 Å². The second-order valence-electron chi connectivity index (χ2n) is 8.72. The number of morpholine rings is 1. The zero-order chi connectivity index (χ0) is 26.1. The second kappa shape index (κ2) is 13.1. The Balaban J connectivity index is 1.60. The van der Waals surface area contributed by atoms with Crippen molar-refractivity contribution in [3.8, 4) is 17.6 Å². The van der Waals surface area contributed by atoms with Gasteiger partial charge in [0.25, 0.3) is 0 Å². The Kier molecular flexibility index (Phi) is 10.2. The minimum absolute atomic E-state index is 0.0103. The first kappa shape index (κ1) is 28.0. The molecule has 0 aliphatic carbocycles. The minimum atomic E-state index is -0.803. The molecule has 1 saturated heterocycles. The lowest BCUT2D eigenvalue weighted by atomic mass is 10.1. The predicted octanol–water partition coefficient (Wildman–Crippen LogP) is 3.37. The molecule has 2 amide bonds. The van der Waals surface area contributed by atoms with Gasteiger partial charge in [-0.15, -0.1) is 0 Å². The summed E-state index contributed by atoms with van der Waals surface area (Å²) in [7, 11) is 0. The van der Waals surface area contributed by atoms with Crippen LogP contribution in [0.3, 0.4) is 0 Å². The molecule has 194 valence electrons. The Hall–Kier alpha value is -2.61. The van der Waals surface area contributed by atoms with Crippen LogP contribution in [-0.2, 0) is 4.74 Å². The maximum atomic E-state index is 14.0. The third-order valence-electron chi connectivity index (χ3n) is 5.37. The number of hydrogen-bond donors (Lipinski definition) is 3. The van der Waals surface area contributed by atoms with Crippen molar-refractivity contribution in [3.05, 3.63) is 57.6 Å². The van der Waals surface area contributed by atoms with Crippen molar-refractivity contribution in [2.45, 2.75) is 25.5 Å². The number of halogens is 3. The number of aromatic nitrogens is 1. The molecule has 1 aliphatic rings. The molecule has 0 radical (unpaired) electrons. The van der Waals surface area contributed by atoms with Crippen molar-refractivity contribution < 1.29 is 18.7 Å². The van der Waals surface area contributed by atoms with Gasteiger partial charge in [0.05, 0.1) is 30.0 Å². The Morgan fingerprint density at radius 2 is 2.08 bits per heavy atom. The summed E-state index contributed by atoms with van der Waals surface area (Å²) in [5.74, 6) is 5.78. The number of carbonyl (C=O) groups excluding carboxylic acids is 1. The van der Waals surface area contributed by atoms with Crippen molar-refractivity contribution >= 4 is 29.2 Å². The van der Waals surface area contributed by atoms with E-state index in [4.69, 9.17) is 38.4 Å². The van der Waals surface area contributed by atoms with Gasteiger partial charge in [-0.1, -0.05) is 35.0 Å². The molecule has 1 atom stereocenters. The molecule has 3 rings (SSSR count). The van der Waals surface area contributed by atoms with Crippen molar-refractivity contribution in [2.24, 2.45) is 5.73 Å². The molecule has 1 aliphatic heterocycles. The molecule has 11 heteroatoms. The van der Waals surface area contributed by atoms with E-state index in [1.165, 1.54) is 18.3 Å². The number of nitrogens with one attached hydrogen (secondary N) is 2. The van der Waals surface area contributed by atoms with E-state index in [1.54, 1.807) is 26.1 Å². The van der Waals surface area contributed by atoms with Crippen LogP contribution in [-0.4, -0.2) is 67.4 Å². The van der Waals surface area contributed by atoms with Crippen LogP contribution >= 0.6 is 23.2 Å². The summed E-state index contributed by atoms with van der Waals surface area (Å²) in [6.07, 6.45) is 2.27. The van der Waals surface area contributed by atoms with Crippen LogP contribution in [0.15, 0.2) is 30.6 Å². The first-order valence-corrected chi connectivity index (χ1v) is 12.3. The van der Waals surface area contributed by atoms with Gasteiger partial charge in [-0.05, 0) is 32.0 Å². The van der Waals surface area contributed by atoms with E-state index >= 15 is 0 Å². The number of nitrogens with zero attached hydrogens (tertiary/aromatic N) is 2. The number of amides is 2. The molecule has 1 unspecified atom stereocenters. The fraction of sp³-hybridized carbons (Fsp3) is 0.440. The second-order valence-corrected chi connectivity index (χ2v) is 9.50. The summed E-state index contributed by atoms with van der Waals surface area (Å²) in [6, 6.07) is 3.95. The number of rotatable bonds is 8. The monoisotopic (exact) mass is 537 g/mol. The number of carbonyl (C=O) groups is 1. The fourth-order valence-corrected chi connectivity index (χ4v) is 4.13. The van der Waals surface area contributed by atoms with Gasteiger partial charge in [-0.25, -0.2) is 9.18 Å². The largest absolute Gasteiger partial charge is 0.483 e. The lowest BCUT2D eigenvalue weighted by molar-refractivity contribution is 0.0387. The molecule has 1 aromatic heterocycles. The lowest BCUT2D eigenvalue weighted by Crippen LogP contribution is -2.49. The van der Waals surface area contributed by atoms with Crippen molar-refractivity contribution in [1.82, 2.24) is 20.5 Å². The predicted molar refractivity (Wildman–Crippen MR) is 138 cm³/mol. The van der Waals surface area contributed by atoms with Gasteiger partial charge in [0.1, 0.15) is 17.7 Å². The van der Waals surface area contributed by atoms with Gasteiger partial charge in [0, 0.05) is 55.1 Å². The number of urea groups is 1. The summed E-state index contributed by atoms with van der Waals surface area (Å²) < 4.78 is 25.2. The maximum absolute atomic E-state index is 14.0. The zero-order valence-electron chi connectivity index (χ0n) is 20.2. The standard InChI is InChI=1S/C25H30Cl2FN5O3/c1-25(2,32-24(34)31-7-8-33-9-11-35-12-10-33)6-5-17-13-18(16-30-15-17)36-21(14-29)22-19(26)3-4-20(28)23(22)27/h3-4,13,15-16,21H,7-12,14,29H2,1-2H3,(H2,31,32,34). The first-order chi connectivity index (χ1) is 17.2. The quantitative estimate of drug-likeness (QED) is 0.352. The Morgan fingerprint density at radius 1 is 1.33 bits per heavy atom. The molecule has 1 aromatic carbocycles. The van der Waals surface area contributed by atoms with Crippen LogP contribution in [0.25, 0.3) is 0 Å². The van der Waals surface area contributed by atoms with Crippen LogP contribution in [0.2, 0.25) is 10.0 Å². The highest BCUT2D eigenvalue weighted by molar-refractivity contribution is 6.36. The summed E-state index contributed by atoms with van der Waals surface area (Å²) in [6.45, 7) is 8.07. The first-order valence-electron chi connectivity index (χ1n) is 11.5. The number of benzene rings is 1. The van der Waals surface area contributed by atoms with E-state index in [2.05, 4.69) is 32.4 Å². The smallest absolute Gasteiger partial charge is 0.316 e. The summed E-state index contributed by atoms with van der Waals surface area (Å²) in [5.41, 5.74) is 5.87. The number of ether oxygens (including phenoxy) is 2. The van der Waals surface area contributed by atoms with Crippen LogP contribution in [0, 0.1) is 17.7 Å². The summed E-state index contributed by atoms with van der Waals surface area (Å²) >= 11 is 12.3. The molecule has 2 heterocycles. The van der Waals surface area contributed by atoms with Crippen molar-refractivity contribution in [2.75, 3.05) is 45.9 Å².